The summed E-state index contributed by atoms with van der Waals surface area (Å²) in [5, 5.41) is 0.666. The molecule has 0 aliphatic carbocycles. The summed E-state index contributed by atoms with van der Waals surface area (Å²) < 4.78 is 0. The lowest BCUT2D eigenvalue weighted by atomic mass is 9.98. The molecule has 1 atom stereocenters. The standard InChI is InChI=1S/C19H18ClNO2/c1-12-3-8-17(9-13(12)2)21-18(22)11-15(19(21)23)10-14-4-6-16(20)7-5-14/h3-9,15H,10-11H2,1-2H3/t15-/m1/s1. The SMILES string of the molecule is Cc1ccc(N2C(=O)C[C@@H](Cc3ccc(Cl)cc3)C2=O)cc1C. The van der Waals surface area contributed by atoms with Crippen LogP contribution in [0, 0.1) is 19.8 Å². The maximum absolute atomic E-state index is 12.7. The summed E-state index contributed by atoms with van der Waals surface area (Å²) in [6.07, 6.45) is 0.817. The van der Waals surface area contributed by atoms with Gasteiger partial charge in [-0.25, -0.2) is 0 Å². The number of aryl methyl sites for hydroxylation is 2. The zero-order chi connectivity index (χ0) is 16.6. The van der Waals surface area contributed by atoms with E-state index in [9.17, 15) is 9.59 Å². The molecule has 1 heterocycles. The van der Waals surface area contributed by atoms with Gasteiger partial charge in [0.25, 0.3) is 0 Å². The van der Waals surface area contributed by atoms with E-state index in [0.29, 0.717) is 17.1 Å². The fraction of sp³-hybridized carbons (Fsp3) is 0.263. The second-order valence-corrected chi connectivity index (χ2v) is 6.50. The lowest BCUT2D eigenvalue weighted by Gasteiger charge is -2.16. The third kappa shape index (κ3) is 3.15. The van der Waals surface area contributed by atoms with Crippen molar-refractivity contribution in [3.63, 3.8) is 0 Å². The van der Waals surface area contributed by atoms with Crippen LogP contribution in [-0.2, 0) is 16.0 Å². The van der Waals surface area contributed by atoms with Crippen molar-refractivity contribution in [2.24, 2.45) is 5.92 Å². The molecule has 4 heteroatoms. The monoisotopic (exact) mass is 327 g/mol. The maximum Gasteiger partial charge on any atom is 0.237 e. The Morgan fingerprint density at radius 2 is 1.74 bits per heavy atom. The van der Waals surface area contributed by atoms with Gasteiger partial charge in [-0.1, -0.05) is 29.8 Å². The number of benzene rings is 2. The van der Waals surface area contributed by atoms with Crippen LogP contribution in [0.1, 0.15) is 23.1 Å². The van der Waals surface area contributed by atoms with E-state index in [1.165, 1.54) is 4.90 Å². The molecule has 1 fully saturated rings. The number of nitrogens with zero attached hydrogens (tertiary/aromatic N) is 1. The minimum absolute atomic E-state index is 0.117. The van der Waals surface area contributed by atoms with Gasteiger partial charge in [0.05, 0.1) is 11.6 Å². The van der Waals surface area contributed by atoms with Gasteiger partial charge in [-0.05, 0) is 61.2 Å². The zero-order valence-corrected chi connectivity index (χ0v) is 13.9. The molecule has 23 heavy (non-hydrogen) atoms. The molecule has 0 N–H and O–H groups in total. The summed E-state index contributed by atoms with van der Waals surface area (Å²) in [6.45, 7) is 3.99. The Labute approximate surface area is 140 Å². The molecule has 3 rings (SSSR count). The normalized spacial score (nSPS) is 17.9. The highest BCUT2D eigenvalue weighted by molar-refractivity contribution is 6.30. The smallest absolute Gasteiger partial charge is 0.237 e. The molecule has 1 aliphatic rings. The highest BCUT2D eigenvalue weighted by Crippen LogP contribution is 2.30. The van der Waals surface area contributed by atoms with Gasteiger partial charge >= 0.3 is 0 Å². The van der Waals surface area contributed by atoms with Gasteiger partial charge in [-0.3, -0.25) is 14.5 Å². The van der Waals surface area contributed by atoms with Crippen molar-refractivity contribution < 1.29 is 9.59 Å². The molecular formula is C19H18ClNO2. The van der Waals surface area contributed by atoms with Crippen LogP contribution in [0.25, 0.3) is 0 Å². The van der Waals surface area contributed by atoms with Crippen molar-refractivity contribution in [2.45, 2.75) is 26.7 Å². The summed E-state index contributed by atoms with van der Waals surface area (Å²) in [4.78, 5) is 26.3. The summed E-state index contributed by atoms with van der Waals surface area (Å²) in [7, 11) is 0. The summed E-state index contributed by atoms with van der Waals surface area (Å²) in [5.74, 6) is -0.546. The van der Waals surface area contributed by atoms with E-state index < -0.39 is 0 Å². The number of hydrogen-bond donors (Lipinski definition) is 0. The molecule has 2 aromatic carbocycles. The van der Waals surface area contributed by atoms with Crippen LogP contribution >= 0.6 is 11.6 Å². The van der Waals surface area contributed by atoms with Crippen molar-refractivity contribution in [3.8, 4) is 0 Å². The van der Waals surface area contributed by atoms with Crippen molar-refractivity contribution in [3.05, 3.63) is 64.2 Å². The first-order chi connectivity index (χ1) is 11.0. The first kappa shape index (κ1) is 15.8. The number of amides is 2. The zero-order valence-electron chi connectivity index (χ0n) is 13.2. The van der Waals surface area contributed by atoms with Crippen molar-refractivity contribution in [1.29, 1.82) is 0 Å². The Kier molecular flexibility index (Phi) is 4.22. The average Bonchev–Trinajstić information content (AvgIpc) is 2.79. The molecule has 3 nitrogen and oxygen atoms in total. The minimum atomic E-state index is -0.301. The van der Waals surface area contributed by atoms with Gasteiger partial charge in [-0.15, -0.1) is 0 Å². The topological polar surface area (TPSA) is 37.4 Å². The van der Waals surface area contributed by atoms with Crippen LogP contribution < -0.4 is 4.90 Å². The molecule has 0 aromatic heterocycles. The van der Waals surface area contributed by atoms with Gasteiger partial charge in [0.1, 0.15) is 0 Å². The fourth-order valence-electron chi connectivity index (χ4n) is 2.90. The molecule has 0 saturated carbocycles. The number of imide groups is 1. The lowest BCUT2D eigenvalue weighted by molar-refractivity contribution is -0.122. The second-order valence-electron chi connectivity index (χ2n) is 6.07. The number of anilines is 1. The van der Waals surface area contributed by atoms with E-state index in [2.05, 4.69) is 0 Å². The fourth-order valence-corrected chi connectivity index (χ4v) is 3.02. The van der Waals surface area contributed by atoms with E-state index in [4.69, 9.17) is 11.6 Å². The third-order valence-corrected chi connectivity index (χ3v) is 4.64. The molecular weight excluding hydrogens is 310 g/mol. The van der Waals surface area contributed by atoms with Crippen LogP contribution in [0.15, 0.2) is 42.5 Å². The Morgan fingerprint density at radius 1 is 1.04 bits per heavy atom. The predicted molar refractivity (Wildman–Crippen MR) is 91.7 cm³/mol. The highest BCUT2D eigenvalue weighted by Gasteiger charge is 2.39. The number of halogens is 1. The van der Waals surface area contributed by atoms with E-state index >= 15 is 0 Å². The largest absolute Gasteiger partial charge is 0.274 e. The Hall–Kier alpha value is -2.13. The lowest BCUT2D eigenvalue weighted by Crippen LogP contribution is -2.30. The molecule has 1 aliphatic heterocycles. The Balaban J connectivity index is 1.82. The summed E-state index contributed by atoms with van der Waals surface area (Å²) in [6, 6.07) is 13.1. The summed E-state index contributed by atoms with van der Waals surface area (Å²) in [5.41, 5.74) is 3.90. The van der Waals surface area contributed by atoms with Crippen LogP contribution in [0.2, 0.25) is 5.02 Å². The maximum atomic E-state index is 12.7. The van der Waals surface area contributed by atoms with E-state index in [0.717, 1.165) is 16.7 Å². The molecule has 118 valence electrons. The molecule has 1 saturated heterocycles. The number of carbonyl (C=O) groups is 2. The van der Waals surface area contributed by atoms with Crippen molar-refractivity contribution >= 4 is 29.1 Å². The van der Waals surface area contributed by atoms with Gasteiger partial charge in [0, 0.05) is 11.4 Å². The van der Waals surface area contributed by atoms with Crippen molar-refractivity contribution in [1.82, 2.24) is 0 Å². The molecule has 2 amide bonds. The number of rotatable bonds is 3. The molecule has 0 unspecified atom stereocenters. The quantitative estimate of drug-likeness (QED) is 0.797. The van der Waals surface area contributed by atoms with Gasteiger partial charge in [0.15, 0.2) is 0 Å². The van der Waals surface area contributed by atoms with E-state index in [1.54, 1.807) is 12.1 Å². The molecule has 0 bridgehead atoms. The van der Waals surface area contributed by atoms with E-state index in [1.807, 2.05) is 44.2 Å². The Bertz CT molecular complexity index is 767. The number of carbonyl (C=O) groups excluding carboxylic acids is 2. The van der Waals surface area contributed by atoms with E-state index in [-0.39, 0.29) is 24.2 Å². The van der Waals surface area contributed by atoms with Crippen LogP contribution in [0.3, 0.4) is 0 Å². The first-order valence-electron chi connectivity index (χ1n) is 7.64. The van der Waals surface area contributed by atoms with Crippen LogP contribution in [0.4, 0.5) is 5.69 Å². The predicted octanol–water partition coefficient (Wildman–Crippen LogP) is 4.08. The third-order valence-electron chi connectivity index (χ3n) is 4.38. The second kappa shape index (κ2) is 6.17. The Morgan fingerprint density at radius 3 is 2.39 bits per heavy atom. The molecule has 2 aromatic rings. The van der Waals surface area contributed by atoms with Gasteiger partial charge < -0.3 is 0 Å². The van der Waals surface area contributed by atoms with Crippen LogP contribution in [0.5, 0.6) is 0 Å². The summed E-state index contributed by atoms with van der Waals surface area (Å²) >= 11 is 5.88. The molecule has 0 radical (unpaired) electrons. The van der Waals surface area contributed by atoms with Crippen molar-refractivity contribution in [2.75, 3.05) is 4.90 Å². The molecule has 0 spiro atoms. The van der Waals surface area contributed by atoms with Gasteiger partial charge in [0.2, 0.25) is 11.8 Å². The minimum Gasteiger partial charge on any atom is -0.274 e. The highest BCUT2D eigenvalue weighted by atomic mass is 35.5. The van der Waals surface area contributed by atoms with Gasteiger partial charge in [-0.2, -0.15) is 0 Å². The first-order valence-corrected chi connectivity index (χ1v) is 8.02. The number of hydrogen-bond acceptors (Lipinski definition) is 2. The average molecular weight is 328 g/mol. The van der Waals surface area contributed by atoms with Crippen LogP contribution in [-0.4, -0.2) is 11.8 Å².